The van der Waals surface area contributed by atoms with Gasteiger partial charge in [0.05, 0.1) is 19.5 Å². The summed E-state index contributed by atoms with van der Waals surface area (Å²) in [6, 6.07) is 17.9. The molecule has 1 heterocycles. The standard InChI is InChI=1S/C24H16Br2FNO2S2/c1-14-6-8-17(9-7-14)28-23(29)21(32-24(28)31)12-15-10-18(25)22(19(26)11-15)30-13-16-4-2-3-5-20(16)27/h2-12H,13H2,1H3/b21-12-. The van der Waals surface area contributed by atoms with Crippen LogP contribution >= 0.6 is 55.8 Å². The molecule has 1 fully saturated rings. The van der Waals surface area contributed by atoms with Crippen LogP contribution in [-0.4, -0.2) is 10.2 Å². The molecule has 0 unspecified atom stereocenters. The predicted octanol–water partition coefficient (Wildman–Crippen LogP) is 7.64. The van der Waals surface area contributed by atoms with Crippen molar-refractivity contribution in [3.8, 4) is 5.75 Å². The fourth-order valence-corrected chi connectivity index (χ4v) is 5.85. The van der Waals surface area contributed by atoms with Crippen LogP contribution in [-0.2, 0) is 11.4 Å². The lowest BCUT2D eigenvalue weighted by Crippen LogP contribution is -2.27. The number of benzene rings is 3. The largest absolute Gasteiger partial charge is 0.486 e. The zero-order valence-corrected chi connectivity index (χ0v) is 21.6. The number of nitrogens with zero attached hydrogens (tertiary/aromatic N) is 1. The number of hydrogen-bond acceptors (Lipinski definition) is 4. The van der Waals surface area contributed by atoms with E-state index in [1.807, 2.05) is 43.3 Å². The number of amides is 1. The van der Waals surface area contributed by atoms with E-state index in [2.05, 4.69) is 31.9 Å². The molecule has 0 aliphatic carbocycles. The molecule has 0 spiro atoms. The first kappa shape index (κ1) is 23.2. The predicted molar refractivity (Wildman–Crippen MR) is 139 cm³/mol. The monoisotopic (exact) mass is 591 g/mol. The number of hydrogen-bond donors (Lipinski definition) is 0. The number of thioether (sulfide) groups is 1. The number of anilines is 1. The molecule has 0 bridgehead atoms. The van der Waals surface area contributed by atoms with Crippen molar-refractivity contribution in [2.45, 2.75) is 13.5 Å². The van der Waals surface area contributed by atoms with Crippen molar-refractivity contribution in [3.63, 3.8) is 0 Å². The van der Waals surface area contributed by atoms with Crippen molar-refractivity contribution in [3.05, 3.63) is 97.0 Å². The molecule has 3 aromatic rings. The zero-order chi connectivity index (χ0) is 22.8. The van der Waals surface area contributed by atoms with E-state index in [0.29, 0.717) is 29.5 Å². The number of carbonyl (C=O) groups excluding carboxylic acids is 1. The van der Waals surface area contributed by atoms with Crippen LogP contribution in [0.4, 0.5) is 10.1 Å². The second-order valence-corrected chi connectivity index (χ2v) is 10.4. The molecule has 1 amide bonds. The van der Waals surface area contributed by atoms with Gasteiger partial charge in [-0.2, -0.15) is 0 Å². The molecule has 3 nitrogen and oxygen atoms in total. The van der Waals surface area contributed by atoms with E-state index in [9.17, 15) is 9.18 Å². The first-order valence-electron chi connectivity index (χ1n) is 9.53. The molecule has 162 valence electrons. The molecule has 0 N–H and O–H groups in total. The third kappa shape index (κ3) is 4.98. The van der Waals surface area contributed by atoms with Crippen molar-refractivity contribution >= 4 is 77.8 Å². The Hall–Kier alpha value is -2.00. The van der Waals surface area contributed by atoms with E-state index in [4.69, 9.17) is 17.0 Å². The molecular formula is C24H16Br2FNO2S2. The summed E-state index contributed by atoms with van der Waals surface area (Å²) in [5.74, 6) is 0.0838. The molecule has 1 aliphatic rings. The molecule has 4 rings (SSSR count). The van der Waals surface area contributed by atoms with Crippen molar-refractivity contribution in [1.82, 2.24) is 0 Å². The summed E-state index contributed by atoms with van der Waals surface area (Å²) in [7, 11) is 0. The first-order chi connectivity index (χ1) is 15.3. The lowest BCUT2D eigenvalue weighted by molar-refractivity contribution is -0.113. The molecule has 1 saturated heterocycles. The smallest absolute Gasteiger partial charge is 0.270 e. The zero-order valence-electron chi connectivity index (χ0n) is 16.8. The number of thiocarbonyl (C=S) groups is 1. The summed E-state index contributed by atoms with van der Waals surface area (Å²) < 4.78 is 21.6. The molecule has 0 aromatic heterocycles. The number of aryl methyl sites for hydroxylation is 1. The summed E-state index contributed by atoms with van der Waals surface area (Å²) in [6.07, 6.45) is 1.80. The Morgan fingerprint density at radius 3 is 2.41 bits per heavy atom. The molecule has 3 aromatic carbocycles. The number of rotatable bonds is 5. The van der Waals surface area contributed by atoms with Crippen LogP contribution in [0.1, 0.15) is 16.7 Å². The van der Waals surface area contributed by atoms with Gasteiger partial charge in [0.15, 0.2) is 4.32 Å². The highest BCUT2D eigenvalue weighted by atomic mass is 79.9. The number of carbonyl (C=O) groups is 1. The Morgan fingerprint density at radius 2 is 1.75 bits per heavy atom. The average Bonchev–Trinajstić information content (AvgIpc) is 3.02. The van der Waals surface area contributed by atoms with Gasteiger partial charge >= 0.3 is 0 Å². The highest BCUT2D eigenvalue weighted by Gasteiger charge is 2.33. The van der Waals surface area contributed by atoms with Gasteiger partial charge in [-0.3, -0.25) is 9.69 Å². The average molecular weight is 593 g/mol. The van der Waals surface area contributed by atoms with E-state index in [1.165, 1.54) is 17.8 Å². The highest BCUT2D eigenvalue weighted by Crippen LogP contribution is 2.39. The van der Waals surface area contributed by atoms with E-state index in [1.54, 1.807) is 29.2 Å². The summed E-state index contributed by atoms with van der Waals surface area (Å²) in [5, 5.41) is 0. The Balaban J connectivity index is 1.55. The Morgan fingerprint density at radius 1 is 1.09 bits per heavy atom. The first-order valence-corrected chi connectivity index (χ1v) is 12.3. The van der Waals surface area contributed by atoms with Gasteiger partial charge in [0.2, 0.25) is 0 Å². The second-order valence-electron chi connectivity index (χ2n) is 7.05. The summed E-state index contributed by atoms with van der Waals surface area (Å²) in [5.41, 5.74) is 3.13. The molecule has 8 heteroatoms. The number of ether oxygens (including phenoxy) is 1. The molecule has 0 atom stereocenters. The van der Waals surface area contributed by atoms with Gasteiger partial charge in [0, 0.05) is 5.56 Å². The van der Waals surface area contributed by atoms with Gasteiger partial charge in [-0.15, -0.1) is 0 Å². The molecule has 0 saturated carbocycles. The lowest BCUT2D eigenvalue weighted by atomic mass is 10.2. The van der Waals surface area contributed by atoms with E-state index >= 15 is 0 Å². The second kappa shape index (κ2) is 9.87. The van der Waals surface area contributed by atoms with Crippen LogP contribution in [0.2, 0.25) is 0 Å². The lowest BCUT2D eigenvalue weighted by Gasteiger charge is -2.14. The fourth-order valence-electron chi connectivity index (χ4n) is 3.10. The Bertz CT molecular complexity index is 1220. The van der Waals surface area contributed by atoms with E-state index in [-0.39, 0.29) is 18.3 Å². The van der Waals surface area contributed by atoms with E-state index < -0.39 is 0 Å². The molecular weight excluding hydrogens is 577 g/mol. The Kier molecular flexibility index (Phi) is 7.14. The van der Waals surface area contributed by atoms with Crippen LogP contribution in [0.5, 0.6) is 5.75 Å². The minimum Gasteiger partial charge on any atom is -0.486 e. The van der Waals surface area contributed by atoms with Crippen LogP contribution < -0.4 is 9.64 Å². The van der Waals surface area contributed by atoms with Gasteiger partial charge in [-0.25, -0.2) is 4.39 Å². The van der Waals surface area contributed by atoms with Crippen LogP contribution in [0, 0.1) is 12.7 Å². The van der Waals surface area contributed by atoms with Crippen molar-refractivity contribution < 1.29 is 13.9 Å². The minimum atomic E-state index is -0.313. The van der Waals surface area contributed by atoms with E-state index in [0.717, 1.165) is 16.8 Å². The fraction of sp³-hybridized carbons (Fsp3) is 0.0833. The van der Waals surface area contributed by atoms with Gasteiger partial charge in [0.25, 0.3) is 5.91 Å². The van der Waals surface area contributed by atoms with Gasteiger partial charge in [-0.1, -0.05) is 59.9 Å². The van der Waals surface area contributed by atoms with Gasteiger partial charge < -0.3 is 4.74 Å². The normalized spacial score (nSPS) is 15.0. The Labute approximate surface area is 211 Å². The van der Waals surface area contributed by atoms with Crippen molar-refractivity contribution in [2.24, 2.45) is 0 Å². The van der Waals surface area contributed by atoms with Crippen LogP contribution in [0.3, 0.4) is 0 Å². The summed E-state index contributed by atoms with van der Waals surface area (Å²) >= 11 is 13.7. The highest BCUT2D eigenvalue weighted by molar-refractivity contribution is 9.11. The molecule has 1 aliphatic heterocycles. The maximum absolute atomic E-state index is 13.9. The van der Waals surface area contributed by atoms with Gasteiger partial charge in [-0.05, 0) is 80.8 Å². The minimum absolute atomic E-state index is 0.0957. The summed E-state index contributed by atoms with van der Waals surface area (Å²) in [4.78, 5) is 15.1. The van der Waals surface area contributed by atoms with Gasteiger partial charge in [0.1, 0.15) is 18.2 Å². The third-order valence-corrected chi connectivity index (χ3v) is 7.21. The maximum atomic E-state index is 13.9. The van der Waals surface area contributed by atoms with Crippen LogP contribution in [0.15, 0.2) is 74.5 Å². The van der Waals surface area contributed by atoms with Crippen molar-refractivity contribution in [1.29, 1.82) is 0 Å². The third-order valence-electron chi connectivity index (χ3n) is 4.73. The summed E-state index contributed by atoms with van der Waals surface area (Å²) in [6.45, 7) is 2.09. The molecule has 0 radical (unpaired) electrons. The number of halogens is 3. The SMILES string of the molecule is Cc1ccc(N2C(=O)/C(=C/c3cc(Br)c(OCc4ccccc4F)c(Br)c3)SC2=S)cc1. The van der Waals surface area contributed by atoms with Crippen molar-refractivity contribution in [2.75, 3.05) is 4.90 Å². The molecule has 32 heavy (non-hydrogen) atoms. The topological polar surface area (TPSA) is 29.5 Å². The quantitative estimate of drug-likeness (QED) is 0.225. The van der Waals surface area contributed by atoms with Crippen LogP contribution in [0.25, 0.3) is 6.08 Å². The maximum Gasteiger partial charge on any atom is 0.270 e.